The van der Waals surface area contributed by atoms with Crippen LogP contribution in [0.3, 0.4) is 0 Å². The van der Waals surface area contributed by atoms with Crippen LogP contribution in [0.4, 0.5) is 0 Å². The van der Waals surface area contributed by atoms with E-state index in [0.29, 0.717) is 0 Å². The number of carbonyl (C=O) groups excluding carboxylic acids is 1. The van der Waals surface area contributed by atoms with Crippen LogP contribution in [-0.2, 0) is 12.3 Å². The molecule has 3 heterocycles. The van der Waals surface area contributed by atoms with Crippen LogP contribution >= 0.6 is 23.1 Å². The lowest BCUT2D eigenvalue weighted by Gasteiger charge is -2.34. The lowest BCUT2D eigenvalue weighted by molar-refractivity contribution is 0.0624. The van der Waals surface area contributed by atoms with Crippen molar-refractivity contribution >= 4 is 29.0 Å². The average molecular weight is 443 g/mol. The Hall–Kier alpha value is -2.16. The summed E-state index contributed by atoms with van der Waals surface area (Å²) >= 11 is 3.35. The van der Waals surface area contributed by atoms with Gasteiger partial charge < -0.3 is 9.42 Å². The maximum Gasteiger partial charge on any atom is 0.255 e. The van der Waals surface area contributed by atoms with Gasteiger partial charge in [-0.2, -0.15) is 0 Å². The lowest BCUT2D eigenvalue weighted by atomic mass is 10.1. The molecule has 0 atom stereocenters. The molecule has 1 saturated heterocycles. The molecule has 1 amide bonds. The van der Waals surface area contributed by atoms with Gasteiger partial charge in [-0.3, -0.25) is 9.69 Å². The largest absolute Gasteiger partial charge is 0.361 e. The summed E-state index contributed by atoms with van der Waals surface area (Å²) in [4.78, 5) is 23.1. The van der Waals surface area contributed by atoms with E-state index < -0.39 is 0 Å². The van der Waals surface area contributed by atoms with Crippen molar-refractivity contribution < 1.29 is 9.32 Å². The van der Waals surface area contributed by atoms with Gasteiger partial charge in [0.2, 0.25) is 0 Å². The summed E-state index contributed by atoms with van der Waals surface area (Å²) in [6.45, 7) is 10.0. The molecular formula is C22H26N4O2S2. The van der Waals surface area contributed by atoms with Gasteiger partial charge in [0, 0.05) is 54.3 Å². The van der Waals surface area contributed by atoms with Crippen molar-refractivity contribution in [3.05, 3.63) is 62.9 Å². The first-order valence-corrected chi connectivity index (χ1v) is 11.9. The third kappa shape index (κ3) is 4.77. The molecule has 0 radical (unpaired) electrons. The van der Waals surface area contributed by atoms with Crippen LogP contribution in [0.2, 0.25) is 0 Å². The fourth-order valence-electron chi connectivity index (χ4n) is 3.62. The molecule has 2 aromatic heterocycles. The molecule has 0 saturated carbocycles. The molecule has 1 aliphatic rings. The molecule has 3 aromatic rings. The predicted octanol–water partition coefficient (Wildman–Crippen LogP) is 4.31. The molecule has 1 aromatic carbocycles. The SMILES string of the molecule is Cc1nc(CN2CCN(C(=O)c3ccccc3SCc3c(C)noc3C)CC2)cs1. The Morgan fingerprint density at radius 2 is 1.93 bits per heavy atom. The number of thiazole rings is 1. The van der Waals surface area contributed by atoms with Crippen molar-refractivity contribution in [2.24, 2.45) is 0 Å². The predicted molar refractivity (Wildman–Crippen MR) is 120 cm³/mol. The molecule has 1 aliphatic heterocycles. The van der Waals surface area contributed by atoms with E-state index in [1.54, 1.807) is 23.1 Å². The molecule has 0 bridgehead atoms. The minimum atomic E-state index is 0.112. The smallest absolute Gasteiger partial charge is 0.255 e. The number of piperazine rings is 1. The van der Waals surface area contributed by atoms with Crippen LogP contribution in [-0.4, -0.2) is 52.0 Å². The number of nitrogens with zero attached hydrogens (tertiary/aromatic N) is 4. The molecule has 8 heteroatoms. The third-order valence-corrected chi connectivity index (χ3v) is 7.30. The van der Waals surface area contributed by atoms with Crippen molar-refractivity contribution in [3.63, 3.8) is 0 Å². The number of thioether (sulfide) groups is 1. The second kappa shape index (κ2) is 9.32. The zero-order chi connectivity index (χ0) is 21.1. The van der Waals surface area contributed by atoms with E-state index in [2.05, 4.69) is 20.4 Å². The molecule has 158 valence electrons. The zero-order valence-corrected chi connectivity index (χ0v) is 19.2. The van der Waals surface area contributed by atoms with Crippen LogP contribution in [0.1, 0.15) is 38.1 Å². The Kier molecular flexibility index (Phi) is 6.55. The fourth-order valence-corrected chi connectivity index (χ4v) is 5.42. The topological polar surface area (TPSA) is 62.5 Å². The fraction of sp³-hybridized carbons (Fsp3) is 0.409. The molecule has 0 spiro atoms. The van der Waals surface area contributed by atoms with Crippen LogP contribution in [0.25, 0.3) is 0 Å². The number of rotatable bonds is 6. The highest BCUT2D eigenvalue weighted by atomic mass is 32.2. The molecular weight excluding hydrogens is 416 g/mol. The van der Waals surface area contributed by atoms with E-state index >= 15 is 0 Å². The van der Waals surface area contributed by atoms with Gasteiger partial charge in [-0.1, -0.05) is 17.3 Å². The van der Waals surface area contributed by atoms with Crippen LogP contribution in [0.15, 0.2) is 39.1 Å². The Morgan fingerprint density at radius 1 is 1.17 bits per heavy atom. The summed E-state index contributed by atoms with van der Waals surface area (Å²) in [7, 11) is 0. The van der Waals surface area contributed by atoms with E-state index in [4.69, 9.17) is 4.52 Å². The van der Waals surface area contributed by atoms with Gasteiger partial charge in [-0.25, -0.2) is 4.98 Å². The molecule has 0 unspecified atom stereocenters. The molecule has 0 aliphatic carbocycles. The van der Waals surface area contributed by atoms with E-state index in [1.807, 2.05) is 49.9 Å². The summed E-state index contributed by atoms with van der Waals surface area (Å²) in [5, 5.41) is 7.25. The van der Waals surface area contributed by atoms with Crippen LogP contribution in [0.5, 0.6) is 0 Å². The maximum atomic E-state index is 13.2. The van der Waals surface area contributed by atoms with Crippen molar-refractivity contribution in [3.8, 4) is 0 Å². The average Bonchev–Trinajstić information content (AvgIpc) is 3.31. The van der Waals surface area contributed by atoms with Crippen molar-refractivity contribution in [1.29, 1.82) is 0 Å². The number of carbonyl (C=O) groups is 1. The van der Waals surface area contributed by atoms with Gasteiger partial charge in [0.1, 0.15) is 5.76 Å². The highest BCUT2D eigenvalue weighted by Crippen LogP contribution is 2.29. The van der Waals surface area contributed by atoms with Crippen LogP contribution in [0, 0.1) is 20.8 Å². The summed E-state index contributed by atoms with van der Waals surface area (Å²) in [5.74, 6) is 1.70. The van der Waals surface area contributed by atoms with Gasteiger partial charge in [0.15, 0.2) is 0 Å². The zero-order valence-electron chi connectivity index (χ0n) is 17.6. The quantitative estimate of drug-likeness (QED) is 0.530. The molecule has 30 heavy (non-hydrogen) atoms. The summed E-state index contributed by atoms with van der Waals surface area (Å²) in [6, 6.07) is 7.88. The van der Waals surface area contributed by atoms with E-state index in [-0.39, 0.29) is 5.91 Å². The number of benzene rings is 1. The van der Waals surface area contributed by atoms with E-state index in [0.717, 1.165) is 76.7 Å². The Morgan fingerprint density at radius 3 is 2.60 bits per heavy atom. The minimum Gasteiger partial charge on any atom is -0.361 e. The van der Waals surface area contributed by atoms with Crippen molar-refractivity contribution in [2.75, 3.05) is 26.2 Å². The number of hydrogen-bond donors (Lipinski definition) is 0. The lowest BCUT2D eigenvalue weighted by Crippen LogP contribution is -2.48. The second-order valence-corrected chi connectivity index (χ2v) is 9.59. The van der Waals surface area contributed by atoms with Crippen LogP contribution < -0.4 is 0 Å². The number of aromatic nitrogens is 2. The van der Waals surface area contributed by atoms with Gasteiger partial charge in [-0.05, 0) is 32.9 Å². The third-order valence-electron chi connectivity index (χ3n) is 5.38. The first-order chi connectivity index (χ1) is 14.5. The first-order valence-electron chi connectivity index (χ1n) is 10.1. The highest BCUT2D eigenvalue weighted by Gasteiger charge is 2.24. The van der Waals surface area contributed by atoms with E-state index in [9.17, 15) is 4.79 Å². The maximum absolute atomic E-state index is 13.2. The molecule has 0 N–H and O–H groups in total. The van der Waals surface area contributed by atoms with Gasteiger partial charge in [0.25, 0.3) is 5.91 Å². The highest BCUT2D eigenvalue weighted by molar-refractivity contribution is 7.98. The van der Waals surface area contributed by atoms with E-state index in [1.165, 1.54) is 0 Å². The van der Waals surface area contributed by atoms with Crippen molar-refractivity contribution in [1.82, 2.24) is 19.9 Å². The summed E-state index contributed by atoms with van der Waals surface area (Å²) < 4.78 is 5.26. The summed E-state index contributed by atoms with van der Waals surface area (Å²) in [5.41, 5.74) is 3.92. The van der Waals surface area contributed by atoms with Gasteiger partial charge >= 0.3 is 0 Å². The second-order valence-electron chi connectivity index (χ2n) is 7.51. The molecule has 4 rings (SSSR count). The number of hydrogen-bond acceptors (Lipinski definition) is 7. The standard InChI is InChI=1S/C22H26N4O2S2/c1-15-20(16(2)28-24-15)14-30-21-7-5-4-6-19(21)22(27)26-10-8-25(9-11-26)12-18-13-29-17(3)23-18/h4-7,13H,8-12,14H2,1-3H3. The molecule has 1 fully saturated rings. The molecule has 6 nitrogen and oxygen atoms in total. The Balaban J connectivity index is 1.38. The van der Waals surface area contributed by atoms with Crippen molar-refractivity contribution in [2.45, 2.75) is 38.0 Å². The Labute approximate surface area is 185 Å². The first kappa shape index (κ1) is 21.1. The van der Waals surface area contributed by atoms with Gasteiger partial charge in [0.05, 0.1) is 22.0 Å². The minimum absolute atomic E-state index is 0.112. The number of amides is 1. The number of aryl methyl sites for hydroxylation is 3. The van der Waals surface area contributed by atoms with Gasteiger partial charge in [-0.15, -0.1) is 23.1 Å². The Bertz CT molecular complexity index is 1000. The normalized spacial score (nSPS) is 15.0. The monoisotopic (exact) mass is 442 g/mol. The summed E-state index contributed by atoms with van der Waals surface area (Å²) in [6.07, 6.45) is 0.